The van der Waals surface area contributed by atoms with Crippen molar-refractivity contribution in [1.82, 2.24) is 10.2 Å². The predicted molar refractivity (Wildman–Crippen MR) is 128 cm³/mol. The van der Waals surface area contributed by atoms with E-state index in [1.54, 1.807) is 32.2 Å². The lowest BCUT2D eigenvalue weighted by Crippen LogP contribution is -2.50. The lowest BCUT2D eigenvalue weighted by atomic mass is 10.1. The number of carbonyl (C=O) groups is 2. The van der Waals surface area contributed by atoms with E-state index < -0.39 is 6.04 Å². The van der Waals surface area contributed by atoms with Crippen LogP contribution in [0.1, 0.15) is 38.2 Å². The highest BCUT2D eigenvalue weighted by molar-refractivity contribution is 9.10. The molecule has 2 aromatic carbocycles. The van der Waals surface area contributed by atoms with Crippen molar-refractivity contribution < 1.29 is 19.1 Å². The van der Waals surface area contributed by atoms with Gasteiger partial charge in [0.25, 0.3) is 5.91 Å². The van der Waals surface area contributed by atoms with Gasteiger partial charge in [0, 0.05) is 17.1 Å². The summed E-state index contributed by atoms with van der Waals surface area (Å²) in [5.41, 5.74) is 0.861. The van der Waals surface area contributed by atoms with Crippen LogP contribution < -0.4 is 14.8 Å². The third-order valence-electron chi connectivity index (χ3n) is 5.60. The Morgan fingerprint density at radius 3 is 2.66 bits per heavy atom. The van der Waals surface area contributed by atoms with Gasteiger partial charge in [-0.3, -0.25) is 9.59 Å². The monoisotopic (exact) mass is 522 g/mol. The maximum Gasteiger partial charge on any atom is 0.261 e. The molecule has 0 aromatic heterocycles. The molecule has 0 saturated heterocycles. The maximum atomic E-state index is 13.2. The molecule has 1 aliphatic rings. The van der Waals surface area contributed by atoms with E-state index in [1.165, 1.54) is 4.90 Å². The summed E-state index contributed by atoms with van der Waals surface area (Å²) in [6.07, 6.45) is 4.20. The Labute approximate surface area is 202 Å². The second-order valence-corrected chi connectivity index (χ2v) is 9.23. The zero-order valence-electron chi connectivity index (χ0n) is 18.3. The highest BCUT2D eigenvalue weighted by Gasteiger charge is 2.29. The van der Waals surface area contributed by atoms with Crippen LogP contribution >= 0.6 is 27.5 Å². The van der Waals surface area contributed by atoms with Gasteiger partial charge in [0.2, 0.25) is 5.91 Å². The highest BCUT2D eigenvalue weighted by atomic mass is 79.9. The van der Waals surface area contributed by atoms with E-state index in [1.807, 2.05) is 24.3 Å². The first-order chi connectivity index (χ1) is 15.4. The van der Waals surface area contributed by atoms with Crippen molar-refractivity contribution in [3.63, 3.8) is 0 Å². The minimum absolute atomic E-state index is 0.158. The zero-order chi connectivity index (χ0) is 23.1. The summed E-state index contributed by atoms with van der Waals surface area (Å²) < 4.78 is 11.8. The third-order valence-corrected chi connectivity index (χ3v) is 6.39. The van der Waals surface area contributed by atoms with Gasteiger partial charge in [-0.15, -0.1) is 0 Å². The van der Waals surface area contributed by atoms with Crippen molar-refractivity contribution >= 4 is 39.3 Å². The van der Waals surface area contributed by atoms with Gasteiger partial charge >= 0.3 is 0 Å². The first kappa shape index (κ1) is 24.4. The van der Waals surface area contributed by atoms with E-state index in [4.69, 9.17) is 21.1 Å². The number of hydrogen-bond acceptors (Lipinski definition) is 4. The van der Waals surface area contributed by atoms with Crippen molar-refractivity contribution in [2.45, 2.75) is 51.2 Å². The third kappa shape index (κ3) is 6.62. The van der Waals surface area contributed by atoms with Crippen LogP contribution in [0.15, 0.2) is 46.9 Å². The van der Waals surface area contributed by atoms with Gasteiger partial charge in [-0.05, 0) is 55.7 Å². The quantitative estimate of drug-likeness (QED) is 0.504. The molecule has 0 bridgehead atoms. The normalized spacial score (nSPS) is 14.6. The van der Waals surface area contributed by atoms with Gasteiger partial charge in [0.15, 0.2) is 6.61 Å². The standard InChI is InChI=1S/C24H28BrClN2O4/c1-16(24(30)27-19-7-3-4-8-19)28(14-17-6-5-9-20(12-17)31-2)23(29)15-32-22-11-10-18(25)13-21(22)26/h5-6,9-13,16,19H,3-4,7-8,14-15H2,1-2H3,(H,27,30)/t16-/m0/s1. The van der Waals surface area contributed by atoms with E-state index in [0.29, 0.717) is 16.5 Å². The average molecular weight is 524 g/mol. The predicted octanol–water partition coefficient (Wildman–Crippen LogP) is 4.97. The summed E-state index contributed by atoms with van der Waals surface area (Å²) >= 11 is 9.56. The smallest absolute Gasteiger partial charge is 0.261 e. The number of methoxy groups -OCH3 is 1. The lowest BCUT2D eigenvalue weighted by molar-refractivity contribution is -0.142. The van der Waals surface area contributed by atoms with E-state index in [-0.39, 0.29) is 31.0 Å². The van der Waals surface area contributed by atoms with Crippen molar-refractivity contribution in [2.24, 2.45) is 0 Å². The topological polar surface area (TPSA) is 67.9 Å². The van der Waals surface area contributed by atoms with E-state index in [9.17, 15) is 9.59 Å². The second kappa shape index (κ2) is 11.6. The molecule has 1 fully saturated rings. The molecule has 32 heavy (non-hydrogen) atoms. The van der Waals surface area contributed by atoms with Gasteiger partial charge in [-0.1, -0.05) is 52.5 Å². The molecular weight excluding hydrogens is 496 g/mol. The first-order valence-corrected chi connectivity index (χ1v) is 11.8. The van der Waals surface area contributed by atoms with Crippen LogP contribution in [0.5, 0.6) is 11.5 Å². The van der Waals surface area contributed by atoms with Crippen LogP contribution in [0.25, 0.3) is 0 Å². The average Bonchev–Trinajstić information content (AvgIpc) is 3.29. The number of amides is 2. The molecule has 0 unspecified atom stereocenters. The first-order valence-electron chi connectivity index (χ1n) is 10.7. The van der Waals surface area contributed by atoms with Crippen molar-refractivity contribution in [2.75, 3.05) is 13.7 Å². The number of ether oxygens (including phenoxy) is 2. The molecule has 0 heterocycles. The van der Waals surface area contributed by atoms with E-state index >= 15 is 0 Å². The number of nitrogens with zero attached hydrogens (tertiary/aromatic N) is 1. The lowest BCUT2D eigenvalue weighted by Gasteiger charge is -2.29. The second-order valence-electron chi connectivity index (χ2n) is 7.90. The SMILES string of the molecule is COc1cccc(CN(C(=O)COc2ccc(Br)cc2Cl)[C@@H](C)C(=O)NC2CCCC2)c1. The fraction of sp³-hybridized carbons (Fsp3) is 0.417. The Morgan fingerprint density at radius 1 is 1.22 bits per heavy atom. The van der Waals surface area contributed by atoms with Crippen LogP contribution in [-0.4, -0.2) is 42.5 Å². The molecule has 1 atom stereocenters. The minimum Gasteiger partial charge on any atom is -0.497 e. The molecule has 1 N–H and O–H groups in total. The molecular formula is C24H28BrClN2O4. The summed E-state index contributed by atoms with van der Waals surface area (Å²) in [6.45, 7) is 1.77. The molecule has 1 aliphatic carbocycles. The van der Waals surface area contributed by atoms with E-state index in [0.717, 1.165) is 35.7 Å². The van der Waals surface area contributed by atoms with Gasteiger partial charge < -0.3 is 19.7 Å². The molecule has 172 valence electrons. The van der Waals surface area contributed by atoms with Crippen LogP contribution in [0.4, 0.5) is 0 Å². The van der Waals surface area contributed by atoms with Crippen LogP contribution in [0.3, 0.4) is 0 Å². The molecule has 2 aromatic rings. The van der Waals surface area contributed by atoms with Gasteiger partial charge in [0.1, 0.15) is 17.5 Å². The minimum atomic E-state index is -0.654. The number of hydrogen-bond donors (Lipinski definition) is 1. The molecule has 0 radical (unpaired) electrons. The summed E-state index contributed by atoms with van der Waals surface area (Å²) in [7, 11) is 1.59. The number of benzene rings is 2. The largest absolute Gasteiger partial charge is 0.497 e. The molecule has 3 rings (SSSR count). The molecule has 1 saturated carbocycles. The van der Waals surface area contributed by atoms with Crippen LogP contribution in [0, 0.1) is 0 Å². The summed E-state index contributed by atoms with van der Waals surface area (Å²) in [5, 5.41) is 3.49. The Kier molecular flexibility index (Phi) is 8.82. The number of rotatable bonds is 9. The number of halogens is 2. The molecule has 6 nitrogen and oxygen atoms in total. The molecule has 8 heteroatoms. The van der Waals surface area contributed by atoms with Crippen LogP contribution in [-0.2, 0) is 16.1 Å². The molecule has 0 aliphatic heterocycles. The summed E-state index contributed by atoms with van der Waals surface area (Å²) in [4.78, 5) is 27.6. The Bertz CT molecular complexity index is 949. The maximum absolute atomic E-state index is 13.2. The fourth-order valence-electron chi connectivity index (χ4n) is 3.76. The highest BCUT2D eigenvalue weighted by Crippen LogP contribution is 2.28. The molecule has 2 amide bonds. The van der Waals surface area contributed by atoms with Gasteiger partial charge in [-0.25, -0.2) is 0 Å². The Balaban J connectivity index is 1.74. The van der Waals surface area contributed by atoms with Gasteiger partial charge in [-0.2, -0.15) is 0 Å². The number of carbonyl (C=O) groups excluding carboxylic acids is 2. The van der Waals surface area contributed by atoms with Crippen molar-refractivity contribution in [3.05, 3.63) is 57.5 Å². The van der Waals surface area contributed by atoms with Crippen LogP contribution in [0.2, 0.25) is 5.02 Å². The number of nitrogens with one attached hydrogen (secondary N) is 1. The summed E-state index contributed by atoms with van der Waals surface area (Å²) in [5.74, 6) is 0.638. The summed E-state index contributed by atoms with van der Waals surface area (Å²) in [6, 6.07) is 12.2. The molecule has 0 spiro atoms. The fourth-order valence-corrected chi connectivity index (χ4v) is 4.48. The van der Waals surface area contributed by atoms with E-state index in [2.05, 4.69) is 21.2 Å². The van der Waals surface area contributed by atoms with Crippen molar-refractivity contribution in [3.8, 4) is 11.5 Å². The van der Waals surface area contributed by atoms with Crippen molar-refractivity contribution in [1.29, 1.82) is 0 Å². The zero-order valence-corrected chi connectivity index (χ0v) is 20.6. The Hall–Kier alpha value is -2.25. The van der Waals surface area contributed by atoms with Gasteiger partial charge in [0.05, 0.1) is 12.1 Å². The Morgan fingerprint density at radius 2 is 1.97 bits per heavy atom.